The van der Waals surface area contributed by atoms with Crippen LogP contribution >= 0.6 is 0 Å². The van der Waals surface area contributed by atoms with Crippen LogP contribution in [-0.4, -0.2) is 31.3 Å². The van der Waals surface area contributed by atoms with Crippen molar-refractivity contribution in [3.8, 4) is 11.5 Å². The Morgan fingerprint density at radius 3 is 2.88 bits per heavy atom. The Balaban J connectivity index is 1.42. The van der Waals surface area contributed by atoms with Crippen LogP contribution in [-0.2, 0) is 20.1 Å². The highest BCUT2D eigenvalue weighted by Gasteiger charge is 2.34. The van der Waals surface area contributed by atoms with E-state index in [2.05, 4.69) is 20.4 Å². The topological polar surface area (TPSA) is 111 Å². The van der Waals surface area contributed by atoms with Gasteiger partial charge in [-0.3, -0.25) is 14.3 Å². The fraction of sp³-hybridized carbons (Fsp3) is 0.391. The molecule has 0 unspecified atom stereocenters. The molecule has 0 atom stereocenters. The molecule has 2 aromatic heterocycles. The van der Waals surface area contributed by atoms with Crippen LogP contribution in [0.25, 0.3) is 0 Å². The van der Waals surface area contributed by atoms with E-state index in [1.54, 1.807) is 36.1 Å². The molecule has 32 heavy (non-hydrogen) atoms. The summed E-state index contributed by atoms with van der Waals surface area (Å²) >= 11 is 0. The highest BCUT2D eigenvalue weighted by atomic mass is 16.5. The number of benzene rings is 1. The summed E-state index contributed by atoms with van der Waals surface area (Å²) in [7, 11) is 1.78. The number of carbonyl (C=O) groups excluding carboxylic acids is 1. The number of carbonyl (C=O) groups is 1. The Hall–Kier alpha value is -3.62. The summed E-state index contributed by atoms with van der Waals surface area (Å²) in [6.07, 6.45) is 4.49. The molecule has 2 N–H and O–H groups in total. The van der Waals surface area contributed by atoms with E-state index in [4.69, 9.17) is 9.47 Å². The minimum Gasteiger partial charge on any atom is -0.487 e. The van der Waals surface area contributed by atoms with Gasteiger partial charge in [0.15, 0.2) is 5.82 Å². The van der Waals surface area contributed by atoms with E-state index < -0.39 is 5.60 Å². The van der Waals surface area contributed by atoms with Crippen LogP contribution in [0.15, 0.2) is 35.3 Å². The lowest BCUT2D eigenvalue weighted by molar-refractivity contribution is 0.102. The van der Waals surface area contributed by atoms with Gasteiger partial charge in [0, 0.05) is 48.8 Å². The standard InChI is InChI=1S/C23H25N5O4/c1-23(2)11-16-17(31-12-15-10-20(29)26-21(24-15)13-4-5-13)8-14(9-18(16)32-23)22(30)25-19-6-7-28(3)27-19/h6-10,13H,4-5,11-12H2,1-3H3,(H,24,26,29)(H,25,27,30). The van der Waals surface area contributed by atoms with Crippen LogP contribution in [0.3, 0.4) is 0 Å². The quantitative estimate of drug-likeness (QED) is 0.616. The molecule has 166 valence electrons. The first-order valence-corrected chi connectivity index (χ1v) is 10.7. The zero-order chi connectivity index (χ0) is 22.5. The Kier molecular flexibility index (Phi) is 4.76. The van der Waals surface area contributed by atoms with Crippen molar-refractivity contribution < 1.29 is 14.3 Å². The van der Waals surface area contributed by atoms with E-state index in [0.29, 0.717) is 46.7 Å². The molecule has 1 saturated carbocycles. The normalized spacial score (nSPS) is 16.3. The molecule has 3 heterocycles. The van der Waals surface area contributed by atoms with Crippen LogP contribution < -0.4 is 20.3 Å². The smallest absolute Gasteiger partial charge is 0.257 e. The molecule has 2 aliphatic rings. The molecule has 0 spiro atoms. The first-order chi connectivity index (χ1) is 15.3. The Morgan fingerprint density at radius 2 is 2.16 bits per heavy atom. The molecule has 0 saturated heterocycles. The number of rotatable bonds is 6. The monoisotopic (exact) mass is 435 g/mol. The number of nitrogens with zero attached hydrogens (tertiary/aromatic N) is 3. The fourth-order valence-corrected chi connectivity index (χ4v) is 3.88. The van der Waals surface area contributed by atoms with Crippen molar-refractivity contribution in [1.82, 2.24) is 19.7 Å². The third-order valence-corrected chi connectivity index (χ3v) is 5.53. The van der Waals surface area contributed by atoms with E-state index in [1.807, 2.05) is 13.8 Å². The molecule has 9 nitrogen and oxygen atoms in total. The van der Waals surface area contributed by atoms with Gasteiger partial charge in [0.2, 0.25) is 0 Å². The molecule has 9 heteroatoms. The van der Waals surface area contributed by atoms with Crippen molar-refractivity contribution in [2.24, 2.45) is 7.05 Å². The number of amides is 1. The highest BCUT2D eigenvalue weighted by molar-refractivity contribution is 6.04. The number of ether oxygens (including phenoxy) is 2. The number of aryl methyl sites for hydroxylation is 1. The summed E-state index contributed by atoms with van der Waals surface area (Å²) in [6.45, 7) is 4.11. The first kappa shape index (κ1) is 20.3. The van der Waals surface area contributed by atoms with Crippen LogP contribution in [0.2, 0.25) is 0 Å². The molecule has 1 amide bonds. The fourth-order valence-electron chi connectivity index (χ4n) is 3.88. The van der Waals surface area contributed by atoms with Gasteiger partial charge in [0.1, 0.15) is 29.5 Å². The third-order valence-electron chi connectivity index (χ3n) is 5.53. The maximum absolute atomic E-state index is 12.9. The lowest BCUT2D eigenvalue weighted by Crippen LogP contribution is -2.24. The van der Waals surface area contributed by atoms with Crippen molar-refractivity contribution in [2.45, 2.75) is 51.2 Å². The van der Waals surface area contributed by atoms with Gasteiger partial charge in [0.05, 0.1) is 5.69 Å². The SMILES string of the molecule is Cn1ccc(NC(=O)c2cc(OCc3cc(=O)[nH]c(C4CC4)n3)c3c(c2)OC(C)(C)C3)n1. The zero-order valence-electron chi connectivity index (χ0n) is 18.3. The number of nitrogens with one attached hydrogen (secondary N) is 2. The van der Waals surface area contributed by atoms with Crippen molar-refractivity contribution in [3.63, 3.8) is 0 Å². The Morgan fingerprint density at radius 1 is 1.34 bits per heavy atom. The summed E-state index contributed by atoms with van der Waals surface area (Å²) in [5, 5.41) is 6.97. The maximum Gasteiger partial charge on any atom is 0.257 e. The number of hydrogen-bond donors (Lipinski definition) is 2. The van der Waals surface area contributed by atoms with Crippen LogP contribution in [0.1, 0.15) is 60.0 Å². The zero-order valence-corrected chi connectivity index (χ0v) is 18.3. The summed E-state index contributed by atoms with van der Waals surface area (Å²) in [6, 6.07) is 6.60. The first-order valence-electron chi connectivity index (χ1n) is 10.7. The van der Waals surface area contributed by atoms with Gasteiger partial charge >= 0.3 is 0 Å². The van der Waals surface area contributed by atoms with E-state index >= 15 is 0 Å². The summed E-state index contributed by atoms with van der Waals surface area (Å²) in [5.74, 6) is 2.37. The maximum atomic E-state index is 12.9. The summed E-state index contributed by atoms with van der Waals surface area (Å²) < 4.78 is 13.8. The van der Waals surface area contributed by atoms with Crippen molar-refractivity contribution in [3.05, 3.63) is 63.5 Å². The predicted molar refractivity (Wildman–Crippen MR) is 117 cm³/mol. The van der Waals surface area contributed by atoms with Crippen molar-refractivity contribution in [2.75, 3.05) is 5.32 Å². The van der Waals surface area contributed by atoms with Gasteiger partial charge in [0.25, 0.3) is 11.5 Å². The number of H-pyrrole nitrogens is 1. The Bertz CT molecular complexity index is 1260. The molecule has 1 aliphatic carbocycles. The molecule has 1 aromatic carbocycles. The molecule has 5 rings (SSSR count). The molecule has 3 aromatic rings. The number of aromatic nitrogens is 4. The highest BCUT2D eigenvalue weighted by Crippen LogP contribution is 2.42. The van der Waals surface area contributed by atoms with Crippen molar-refractivity contribution in [1.29, 1.82) is 0 Å². The van der Waals surface area contributed by atoms with E-state index in [0.717, 1.165) is 18.4 Å². The van der Waals surface area contributed by atoms with Crippen LogP contribution in [0.5, 0.6) is 11.5 Å². The summed E-state index contributed by atoms with van der Waals surface area (Å²) in [4.78, 5) is 32.2. The second kappa shape index (κ2) is 7.51. The van der Waals surface area contributed by atoms with Crippen LogP contribution in [0, 0.1) is 0 Å². The minimum atomic E-state index is -0.405. The lowest BCUT2D eigenvalue weighted by atomic mass is 9.99. The predicted octanol–water partition coefficient (Wildman–Crippen LogP) is 2.93. The third kappa shape index (κ3) is 4.23. The van der Waals surface area contributed by atoms with Gasteiger partial charge in [-0.2, -0.15) is 5.10 Å². The second-order valence-electron chi connectivity index (χ2n) is 9.00. The Labute approximate surface area is 184 Å². The van der Waals surface area contributed by atoms with Crippen LogP contribution in [0.4, 0.5) is 5.82 Å². The number of anilines is 1. The number of hydrogen-bond acceptors (Lipinski definition) is 6. The molecule has 1 fully saturated rings. The average Bonchev–Trinajstić information content (AvgIpc) is 3.42. The van der Waals surface area contributed by atoms with Gasteiger partial charge in [-0.15, -0.1) is 0 Å². The number of fused-ring (bicyclic) bond motifs is 1. The molecule has 0 bridgehead atoms. The molecular weight excluding hydrogens is 410 g/mol. The van der Waals surface area contributed by atoms with Gasteiger partial charge in [-0.05, 0) is 38.8 Å². The van der Waals surface area contributed by atoms with E-state index in [1.165, 1.54) is 6.07 Å². The average molecular weight is 435 g/mol. The van der Waals surface area contributed by atoms with E-state index in [9.17, 15) is 9.59 Å². The molecular formula is C23H25N5O4. The minimum absolute atomic E-state index is 0.127. The van der Waals surface area contributed by atoms with Gasteiger partial charge < -0.3 is 19.8 Å². The molecule has 1 aliphatic heterocycles. The van der Waals surface area contributed by atoms with E-state index in [-0.39, 0.29) is 18.1 Å². The van der Waals surface area contributed by atoms with Crippen molar-refractivity contribution >= 4 is 11.7 Å². The second-order valence-corrected chi connectivity index (χ2v) is 9.00. The van der Waals surface area contributed by atoms with Gasteiger partial charge in [-0.25, -0.2) is 4.98 Å². The lowest BCUT2D eigenvalue weighted by Gasteiger charge is -2.16. The largest absolute Gasteiger partial charge is 0.487 e. The number of aromatic amines is 1. The van der Waals surface area contributed by atoms with Gasteiger partial charge in [-0.1, -0.05) is 0 Å². The summed E-state index contributed by atoms with van der Waals surface area (Å²) in [5.41, 5.74) is 1.28. The molecule has 0 radical (unpaired) electrons.